The van der Waals surface area contributed by atoms with Crippen LogP contribution in [0.5, 0.6) is 5.75 Å². The van der Waals surface area contributed by atoms with Gasteiger partial charge in [-0.3, -0.25) is 10.2 Å². The van der Waals surface area contributed by atoms with Crippen LogP contribution in [0.3, 0.4) is 0 Å². The molecule has 2 heterocycles. The van der Waals surface area contributed by atoms with Crippen molar-refractivity contribution in [2.75, 3.05) is 6.61 Å². The first-order valence-electron chi connectivity index (χ1n) is 10.4. The second-order valence-electron chi connectivity index (χ2n) is 7.81. The van der Waals surface area contributed by atoms with E-state index >= 15 is 0 Å². The molecular formula is C22H24N4O4S. The third-order valence-corrected chi connectivity index (χ3v) is 6.51. The van der Waals surface area contributed by atoms with Gasteiger partial charge in [-0.1, -0.05) is 44.2 Å². The van der Waals surface area contributed by atoms with Crippen LogP contribution in [0.25, 0.3) is 6.08 Å². The van der Waals surface area contributed by atoms with Gasteiger partial charge in [0.15, 0.2) is 12.4 Å². The molecule has 0 bridgehead atoms. The number of nitrogens with one attached hydrogen (secondary N) is 1. The highest BCUT2D eigenvalue weighted by Crippen LogP contribution is 2.33. The number of thioether (sulfide) groups is 1. The van der Waals surface area contributed by atoms with Gasteiger partial charge in [0.1, 0.15) is 10.8 Å². The van der Waals surface area contributed by atoms with Crippen molar-refractivity contribution in [3.8, 4) is 5.75 Å². The number of aliphatic imine (C=N–C) groups is 1. The summed E-state index contributed by atoms with van der Waals surface area (Å²) in [5, 5.41) is 24.5. The molecule has 1 amide bonds. The lowest BCUT2D eigenvalue weighted by molar-refractivity contribution is -0.139. The molecule has 1 saturated carbocycles. The molecule has 0 unspecified atom stereocenters. The number of amidine groups is 2. The summed E-state index contributed by atoms with van der Waals surface area (Å²) in [6.45, 7) is -0.422. The molecule has 9 heteroatoms. The Morgan fingerprint density at radius 2 is 2.00 bits per heavy atom. The van der Waals surface area contributed by atoms with Crippen molar-refractivity contribution in [3.05, 3.63) is 35.4 Å². The molecule has 1 aromatic rings. The number of hydrogen-bond acceptors (Lipinski definition) is 6. The fourth-order valence-electron chi connectivity index (χ4n) is 3.91. The summed E-state index contributed by atoms with van der Waals surface area (Å²) < 4.78 is 5.11. The normalized spacial score (nSPS) is 20.5. The standard InChI is InChI=1S/C22H24N4O4S/c23-20-17(12-15-6-9-16(10-7-15)30-13-19(27)28)21(29)24-22-26(20)25-18(31-22)11-8-14-4-2-1-3-5-14/h6-7,9-10,12,14,23H,1-5,8,11,13H2,(H,27,28). The number of carbonyl (C=O) groups is 2. The third kappa shape index (κ3) is 5.22. The van der Waals surface area contributed by atoms with Gasteiger partial charge in [0, 0.05) is 0 Å². The van der Waals surface area contributed by atoms with Crippen LogP contribution in [-0.4, -0.2) is 44.6 Å². The van der Waals surface area contributed by atoms with Crippen molar-refractivity contribution in [2.45, 2.75) is 44.9 Å². The summed E-state index contributed by atoms with van der Waals surface area (Å²) in [7, 11) is 0. The van der Waals surface area contributed by atoms with E-state index < -0.39 is 18.5 Å². The molecular weight excluding hydrogens is 416 g/mol. The molecule has 1 aromatic carbocycles. The molecule has 0 atom stereocenters. The van der Waals surface area contributed by atoms with Crippen LogP contribution < -0.4 is 4.74 Å². The maximum atomic E-state index is 12.5. The number of amides is 1. The monoisotopic (exact) mass is 440 g/mol. The Hall–Kier alpha value is -2.94. The number of benzene rings is 1. The Labute approximate surface area is 184 Å². The van der Waals surface area contributed by atoms with Gasteiger partial charge < -0.3 is 9.84 Å². The highest BCUT2D eigenvalue weighted by atomic mass is 32.2. The van der Waals surface area contributed by atoms with Crippen molar-refractivity contribution in [1.29, 1.82) is 5.41 Å². The molecule has 1 aliphatic carbocycles. The lowest BCUT2D eigenvalue weighted by Crippen LogP contribution is -2.35. The molecule has 0 radical (unpaired) electrons. The Kier molecular flexibility index (Phi) is 6.50. The molecule has 8 nitrogen and oxygen atoms in total. The molecule has 4 rings (SSSR count). The number of ether oxygens (including phenoxy) is 1. The Morgan fingerprint density at radius 3 is 2.71 bits per heavy atom. The largest absolute Gasteiger partial charge is 0.482 e. The van der Waals surface area contributed by atoms with Crippen LogP contribution in [0.1, 0.15) is 50.5 Å². The minimum atomic E-state index is -1.05. The summed E-state index contributed by atoms with van der Waals surface area (Å²) in [4.78, 5) is 27.3. The number of aliphatic carboxylic acids is 1. The summed E-state index contributed by atoms with van der Waals surface area (Å²) in [6, 6.07) is 6.63. The van der Waals surface area contributed by atoms with Gasteiger partial charge in [0.2, 0.25) is 5.17 Å². The third-order valence-electron chi connectivity index (χ3n) is 5.54. The van der Waals surface area contributed by atoms with E-state index in [0.717, 1.165) is 23.8 Å². The summed E-state index contributed by atoms with van der Waals surface area (Å²) in [5.41, 5.74) is 0.851. The van der Waals surface area contributed by atoms with E-state index in [0.29, 0.717) is 16.5 Å². The number of hydrazone groups is 1. The molecule has 2 N–H and O–H groups in total. The highest BCUT2D eigenvalue weighted by Gasteiger charge is 2.35. The van der Waals surface area contributed by atoms with Crippen molar-refractivity contribution >= 4 is 45.8 Å². The molecule has 3 aliphatic rings. The second-order valence-corrected chi connectivity index (χ2v) is 8.85. The average Bonchev–Trinajstić information content (AvgIpc) is 3.18. The fraction of sp³-hybridized carbons (Fsp3) is 0.409. The first-order valence-corrected chi connectivity index (χ1v) is 11.2. The zero-order valence-electron chi connectivity index (χ0n) is 17.0. The van der Waals surface area contributed by atoms with Gasteiger partial charge in [-0.2, -0.15) is 15.1 Å². The number of carbonyl (C=O) groups excluding carboxylic acids is 1. The molecule has 162 valence electrons. The average molecular weight is 441 g/mol. The van der Waals surface area contributed by atoms with Crippen LogP contribution in [0.2, 0.25) is 0 Å². The zero-order chi connectivity index (χ0) is 21.8. The fourth-order valence-corrected chi connectivity index (χ4v) is 4.81. The predicted octanol–water partition coefficient (Wildman–Crippen LogP) is 4.13. The second kappa shape index (κ2) is 9.47. The van der Waals surface area contributed by atoms with Gasteiger partial charge in [0.05, 0.1) is 5.57 Å². The van der Waals surface area contributed by atoms with Crippen molar-refractivity contribution in [3.63, 3.8) is 0 Å². The van der Waals surface area contributed by atoms with Crippen LogP contribution in [0.15, 0.2) is 39.9 Å². The number of hydrogen-bond donors (Lipinski definition) is 2. The van der Waals surface area contributed by atoms with E-state index in [1.165, 1.54) is 48.9 Å². The van der Waals surface area contributed by atoms with Crippen molar-refractivity contribution < 1.29 is 19.4 Å². The molecule has 0 spiro atoms. The maximum Gasteiger partial charge on any atom is 0.341 e. The number of nitrogens with zero attached hydrogens (tertiary/aromatic N) is 3. The van der Waals surface area contributed by atoms with E-state index in [4.69, 9.17) is 15.3 Å². The van der Waals surface area contributed by atoms with Crippen LogP contribution in [0, 0.1) is 11.3 Å². The topological polar surface area (TPSA) is 115 Å². The molecule has 1 fully saturated rings. The highest BCUT2D eigenvalue weighted by molar-refractivity contribution is 8.26. The lowest BCUT2D eigenvalue weighted by atomic mass is 9.86. The smallest absolute Gasteiger partial charge is 0.341 e. The molecule has 2 aliphatic heterocycles. The Balaban J connectivity index is 1.43. The van der Waals surface area contributed by atoms with Crippen molar-refractivity contribution in [2.24, 2.45) is 16.0 Å². The first-order chi connectivity index (χ1) is 15.0. The first kappa shape index (κ1) is 21.3. The number of rotatable bonds is 7. The Morgan fingerprint density at radius 1 is 1.26 bits per heavy atom. The summed E-state index contributed by atoms with van der Waals surface area (Å²) in [6.07, 6.45) is 10.0. The molecule has 31 heavy (non-hydrogen) atoms. The number of carboxylic acids is 1. The minimum absolute atomic E-state index is 0.0152. The van der Waals surface area contributed by atoms with Gasteiger partial charge in [0.25, 0.3) is 5.91 Å². The van der Waals surface area contributed by atoms with Gasteiger partial charge >= 0.3 is 5.97 Å². The van der Waals surface area contributed by atoms with Crippen LogP contribution in [-0.2, 0) is 9.59 Å². The lowest BCUT2D eigenvalue weighted by Gasteiger charge is -2.20. The van der Waals surface area contributed by atoms with Crippen LogP contribution in [0.4, 0.5) is 0 Å². The van der Waals surface area contributed by atoms with Gasteiger partial charge in [-0.15, -0.1) is 0 Å². The number of carboxylic acid groups (broad SMARTS) is 1. The van der Waals surface area contributed by atoms with Gasteiger partial charge in [-0.05, 0) is 54.3 Å². The summed E-state index contributed by atoms with van der Waals surface area (Å²) in [5.74, 6) is -0.336. The minimum Gasteiger partial charge on any atom is -0.482 e. The SMILES string of the molecule is N=C1C(=Cc2ccc(OCC(=O)O)cc2)C(=O)N=C2SC(CCC3CCCCC3)=NN12. The van der Waals surface area contributed by atoms with Crippen LogP contribution >= 0.6 is 11.8 Å². The van der Waals surface area contributed by atoms with E-state index in [9.17, 15) is 9.59 Å². The van der Waals surface area contributed by atoms with E-state index in [1.54, 1.807) is 30.3 Å². The van der Waals surface area contributed by atoms with E-state index in [2.05, 4.69) is 10.1 Å². The van der Waals surface area contributed by atoms with Gasteiger partial charge in [-0.25, -0.2) is 4.79 Å². The van der Waals surface area contributed by atoms with E-state index in [-0.39, 0.29) is 11.4 Å². The Bertz CT molecular complexity index is 978. The predicted molar refractivity (Wildman–Crippen MR) is 120 cm³/mol. The molecule has 0 saturated heterocycles. The van der Waals surface area contributed by atoms with Crippen molar-refractivity contribution in [1.82, 2.24) is 5.01 Å². The molecule has 0 aromatic heterocycles. The summed E-state index contributed by atoms with van der Waals surface area (Å²) >= 11 is 1.38. The maximum absolute atomic E-state index is 12.5. The van der Waals surface area contributed by atoms with E-state index in [1.807, 2.05) is 0 Å². The zero-order valence-corrected chi connectivity index (χ0v) is 17.9. The quantitative estimate of drug-likeness (QED) is 0.616. The number of fused-ring (bicyclic) bond motifs is 1.